The number of nitrogens with two attached hydrogens (primary N) is 1. The average Bonchev–Trinajstić information content (AvgIpc) is 2.52. The van der Waals surface area contributed by atoms with Gasteiger partial charge in [-0.25, -0.2) is 0 Å². The minimum atomic E-state index is -0.148. The lowest BCUT2D eigenvalue weighted by molar-refractivity contribution is -0.139. The predicted octanol–water partition coefficient (Wildman–Crippen LogP) is 1.46. The van der Waals surface area contributed by atoms with Crippen molar-refractivity contribution in [2.24, 2.45) is 28.9 Å². The largest absolute Gasteiger partial charge is 0.375 e. The normalized spacial score (nSPS) is 41.2. The van der Waals surface area contributed by atoms with E-state index in [0.29, 0.717) is 0 Å². The summed E-state index contributed by atoms with van der Waals surface area (Å²) in [5, 5.41) is 0.130. The standard InChI is InChI=1S/C13H21N3OS/c14-12(18)16-15-11(17)13-5-8-1-2-9(6-13)4-10(3-8)7-13/h8-10H,1-7H2,(H,15,17)(H3,14,16,18)/t8-,9+,10?,13?. The fourth-order valence-electron chi connectivity index (χ4n) is 4.72. The van der Waals surface area contributed by atoms with Crippen LogP contribution >= 0.6 is 12.2 Å². The SMILES string of the molecule is NC(=S)NNC(=O)C12CC3C[C@@H](CC[C@@H](C3)C1)C2. The maximum Gasteiger partial charge on any atom is 0.244 e. The minimum absolute atomic E-state index is 0.108. The van der Waals surface area contributed by atoms with E-state index in [1.165, 1.54) is 25.7 Å². The smallest absolute Gasteiger partial charge is 0.244 e. The highest BCUT2D eigenvalue weighted by molar-refractivity contribution is 7.80. The highest BCUT2D eigenvalue weighted by Crippen LogP contribution is 2.57. The summed E-state index contributed by atoms with van der Waals surface area (Å²) in [4.78, 5) is 12.5. The number of hydrazine groups is 1. The zero-order chi connectivity index (χ0) is 12.8. The number of rotatable bonds is 1. The number of hydrogen-bond donors (Lipinski definition) is 3. The molecule has 0 heterocycles. The fourth-order valence-corrected chi connectivity index (χ4v) is 4.77. The Morgan fingerprint density at radius 3 is 2.17 bits per heavy atom. The summed E-state index contributed by atoms with van der Waals surface area (Å²) >= 11 is 4.74. The second-order valence-corrected chi connectivity index (χ2v) is 6.92. The molecule has 4 saturated carbocycles. The molecule has 0 radical (unpaired) electrons. The summed E-state index contributed by atoms with van der Waals surface area (Å²) in [7, 11) is 0. The van der Waals surface area contributed by atoms with Gasteiger partial charge in [0.15, 0.2) is 5.11 Å². The second-order valence-electron chi connectivity index (χ2n) is 6.48. The van der Waals surface area contributed by atoms with Crippen molar-refractivity contribution in [1.29, 1.82) is 0 Å². The first-order chi connectivity index (χ1) is 8.57. The first-order valence-corrected chi connectivity index (χ1v) is 7.34. The number of fused-ring (bicyclic) bond motifs is 1. The zero-order valence-corrected chi connectivity index (χ0v) is 11.4. The number of carbonyl (C=O) groups is 1. The lowest BCUT2D eigenvalue weighted by atomic mass is 9.58. The molecule has 2 unspecified atom stereocenters. The molecular formula is C13H21N3OS. The molecule has 0 aromatic rings. The lowest BCUT2D eigenvalue weighted by Gasteiger charge is -2.46. The number of hydrogen-bond acceptors (Lipinski definition) is 2. The van der Waals surface area contributed by atoms with Gasteiger partial charge in [-0.15, -0.1) is 0 Å². The van der Waals surface area contributed by atoms with Crippen LogP contribution in [0.4, 0.5) is 0 Å². The monoisotopic (exact) mass is 267 g/mol. The molecule has 0 saturated heterocycles. The van der Waals surface area contributed by atoms with Gasteiger partial charge in [-0.3, -0.25) is 15.6 Å². The van der Waals surface area contributed by atoms with Crippen molar-refractivity contribution < 1.29 is 4.79 Å². The molecule has 1 amide bonds. The third-order valence-corrected chi connectivity index (χ3v) is 5.24. The number of amides is 1. The van der Waals surface area contributed by atoms with E-state index in [9.17, 15) is 4.79 Å². The quantitative estimate of drug-likeness (QED) is 0.497. The van der Waals surface area contributed by atoms with Crippen LogP contribution < -0.4 is 16.6 Å². The van der Waals surface area contributed by atoms with Gasteiger partial charge < -0.3 is 5.73 Å². The van der Waals surface area contributed by atoms with E-state index in [-0.39, 0.29) is 16.4 Å². The van der Waals surface area contributed by atoms with Gasteiger partial charge >= 0.3 is 0 Å². The van der Waals surface area contributed by atoms with Crippen LogP contribution in [0.2, 0.25) is 0 Å². The summed E-state index contributed by atoms with van der Waals surface area (Å²) in [6, 6.07) is 0. The van der Waals surface area contributed by atoms with E-state index in [0.717, 1.165) is 37.0 Å². The molecule has 4 aliphatic carbocycles. The van der Waals surface area contributed by atoms with E-state index in [2.05, 4.69) is 10.9 Å². The Morgan fingerprint density at radius 2 is 1.61 bits per heavy atom. The average molecular weight is 267 g/mol. The Bertz CT molecular complexity index is 368. The predicted molar refractivity (Wildman–Crippen MR) is 73.3 cm³/mol. The molecule has 0 spiro atoms. The van der Waals surface area contributed by atoms with Gasteiger partial charge in [-0.05, 0) is 62.1 Å². The Labute approximate surface area is 113 Å². The Morgan fingerprint density at radius 1 is 1.06 bits per heavy atom. The molecular weight excluding hydrogens is 246 g/mol. The molecule has 18 heavy (non-hydrogen) atoms. The van der Waals surface area contributed by atoms with Gasteiger partial charge in [-0.1, -0.05) is 12.8 Å². The third kappa shape index (κ3) is 2.09. The molecule has 4 fully saturated rings. The molecule has 0 aromatic heterocycles. The van der Waals surface area contributed by atoms with Crippen molar-refractivity contribution in [1.82, 2.24) is 10.9 Å². The maximum atomic E-state index is 12.5. The summed E-state index contributed by atoms with van der Waals surface area (Å²) in [5.41, 5.74) is 10.5. The van der Waals surface area contributed by atoms with Crippen molar-refractivity contribution in [2.45, 2.75) is 44.9 Å². The van der Waals surface area contributed by atoms with E-state index in [1.807, 2.05) is 0 Å². The Hall–Kier alpha value is -0.840. The van der Waals surface area contributed by atoms with Crippen LogP contribution in [0.15, 0.2) is 0 Å². The van der Waals surface area contributed by atoms with Crippen LogP contribution in [-0.4, -0.2) is 11.0 Å². The second kappa shape index (κ2) is 4.37. The maximum absolute atomic E-state index is 12.5. The molecule has 4 aliphatic rings. The number of carbonyl (C=O) groups excluding carboxylic acids is 1. The fraction of sp³-hybridized carbons (Fsp3) is 0.846. The Balaban J connectivity index is 1.77. The van der Waals surface area contributed by atoms with Crippen molar-refractivity contribution in [3.05, 3.63) is 0 Å². The molecule has 100 valence electrons. The molecule has 4 rings (SSSR count). The highest BCUT2D eigenvalue weighted by Gasteiger charge is 2.52. The van der Waals surface area contributed by atoms with Gasteiger partial charge in [0.25, 0.3) is 0 Å². The van der Waals surface area contributed by atoms with E-state index >= 15 is 0 Å². The highest BCUT2D eigenvalue weighted by atomic mass is 32.1. The summed E-state index contributed by atoms with van der Waals surface area (Å²) in [5.74, 6) is 2.39. The number of thiocarbonyl (C=S) groups is 1. The minimum Gasteiger partial charge on any atom is -0.375 e. The zero-order valence-electron chi connectivity index (χ0n) is 10.6. The van der Waals surface area contributed by atoms with E-state index in [1.54, 1.807) is 0 Å². The van der Waals surface area contributed by atoms with Gasteiger partial charge in [0.1, 0.15) is 0 Å². The molecule has 0 aromatic carbocycles. The topological polar surface area (TPSA) is 67.2 Å². The Kier molecular flexibility index (Phi) is 2.96. The first-order valence-electron chi connectivity index (χ1n) is 6.93. The van der Waals surface area contributed by atoms with Crippen LogP contribution in [0, 0.1) is 23.2 Å². The van der Waals surface area contributed by atoms with E-state index in [4.69, 9.17) is 18.0 Å². The van der Waals surface area contributed by atoms with Crippen LogP contribution in [-0.2, 0) is 4.79 Å². The molecule has 0 aliphatic heterocycles. The van der Waals surface area contributed by atoms with Gasteiger partial charge in [0, 0.05) is 0 Å². The van der Waals surface area contributed by atoms with Crippen molar-refractivity contribution in [3.8, 4) is 0 Å². The van der Waals surface area contributed by atoms with Crippen LogP contribution in [0.3, 0.4) is 0 Å². The van der Waals surface area contributed by atoms with Crippen molar-refractivity contribution >= 4 is 23.2 Å². The van der Waals surface area contributed by atoms with Crippen molar-refractivity contribution in [3.63, 3.8) is 0 Å². The van der Waals surface area contributed by atoms with Gasteiger partial charge in [0.2, 0.25) is 5.91 Å². The summed E-state index contributed by atoms with van der Waals surface area (Å²) in [6.45, 7) is 0. The lowest BCUT2D eigenvalue weighted by Crippen LogP contribution is -2.54. The third-order valence-electron chi connectivity index (χ3n) is 5.14. The van der Waals surface area contributed by atoms with Gasteiger partial charge in [0.05, 0.1) is 5.41 Å². The van der Waals surface area contributed by atoms with Crippen LogP contribution in [0.1, 0.15) is 44.9 Å². The van der Waals surface area contributed by atoms with Gasteiger partial charge in [-0.2, -0.15) is 0 Å². The number of nitrogens with one attached hydrogen (secondary N) is 2. The van der Waals surface area contributed by atoms with E-state index < -0.39 is 0 Å². The first kappa shape index (κ1) is 12.2. The summed E-state index contributed by atoms with van der Waals surface area (Å²) in [6.07, 6.45) is 8.50. The molecule has 4 atom stereocenters. The molecule has 5 heteroatoms. The molecule has 4 nitrogen and oxygen atoms in total. The summed E-state index contributed by atoms with van der Waals surface area (Å²) < 4.78 is 0. The van der Waals surface area contributed by atoms with Crippen LogP contribution in [0.25, 0.3) is 0 Å². The van der Waals surface area contributed by atoms with Crippen LogP contribution in [0.5, 0.6) is 0 Å². The molecule has 4 N–H and O–H groups in total. The molecule has 4 bridgehead atoms. The van der Waals surface area contributed by atoms with Crippen molar-refractivity contribution in [2.75, 3.05) is 0 Å².